The smallest absolute Gasteiger partial charge is 0.243 e. The van der Waals surface area contributed by atoms with Gasteiger partial charge in [0.15, 0.2) is 0 Å². The van der Waals surface area contributed by atoms with Crippen LogP contribution in [0.5, 0.6) is 0 Å². The molecule has 1 aromatic heterocycles. The number of fused-ring (bicyclic) bond motifs is 2. The highest BCUT2D eigenvalue weighted by Crippen LogP contribution is 2.30. The third-order valence-corrected chi connectivity index (χ3v) is 8.36. The molecule has 0 bridgehead atoms. The van der Waals surface area contributed by atoms with Crippen LogP contribution in [0.15, 0.2) is 53.6 Å². The number of hydrogen-bond donors (Lipinski definition) is 1. The molecule has 1 aliphatic heterocycles. The van der Waals surface area contributed by atoms with Gasteiger partial charge in [-0.15, -0.1) is 0 Å². The molecule has 2 heterocycles. The Bertz CT molecular complexity index is 1110. The summed E-state index contributed by atoms with van der Waals surface area (Å²) in [6, 6.07) is 14.1. The molecule has 28 heavy (non-hydrogen) atoms. The minimum atomic E-state index is -3.38. The summed E-state index contributed by atoms with van der Waals surface area (Å²) in [6.07, 6.45) is 8.18. The number of aromatic amines is 1. The third kappa shape index (κ3) is 3.16. The summed E-state index contributed by atoms with van der Waals surface area (Å²) in [7, 11) is -3.38. The summed E-state index contributed by atoms with van der Waals surface area (Å²) in [5.74, 6) is 0.533. The quantitative estimate of drug-likeness (QED) is 0.717. The van der Waals surface area contributed by atoms with Gasteiger partial charge < -0.3 is 4.98 Å². The van der Waals surface area contributed by atoms with Gasteiger partial charge in [0.2, 0.25) is 10.0 Å². The van der Waals surface area contributed by atoms with Crippen LogP contribution in [0.4, 0.5) is 0 Å². The molecule has 146 valence electrons. The molecule has 1 saturated heterocycles. The second-order valence-corrected chi connectivity index (χ2v) is 10.1. The van der Waals surface area contributed by atoms with Gasteiger partial charge in [0.1, 0.15) is 0 Å². The number of nitrogens with zero attached hydrogens (tertiary/aromatic N) is 1. The number of piperidine rings is 1. The zero-order chi connectivity index (χ0) is 19.1. The fourth-order valence-corrected chi connectivity index (χ4v) is 6.34. The zero-order valence-corrected chi connectivity index (χ0v) is 16.8. The van der Waals surface area contributed by atoms with Gasteiger partial charge in [-0.25, -0.2) is 8.42 Å². The number of hydrogen-bond acceptors (Lipinski definition) is 2. The fraction of sp³-hybridized carbons (Fsp3) is 0.391. The summed E-state index contributed by atoms with van der Waals surface area (Å²) in [5.41, 5.74) is 5.05. The van der Waals surface area contributed by atoms with Crippen LogP contribution >= 0.6 is 0 Å². The van der Waals surface area contributed by atoms with Crippen molar-refractivity contribution in [1.29, 1.82) is 0 Å². The van der Waals surface area contributed by atoms with Crippen molar-refractivity contribution in [2.45, 2.75) is 43.4 Å². The van der Waals surface area contributed by atoms with E-state index in [0.717, 1.165) is 38.5 Å². The molecule has 4 nitrogen and oxygen atoms in total. The lowest BCUT2D eigenvalue weighted by molar-refractivity contribution is 0.273. The van der Waals surface area contributed by atoms with Gasteiger partial charge in [0.25, 0.3) is 0 Å². The van der Waals surface area contributed by atoms with Gasteiger partial charge in [-0.2, -0.15) is 4.31 Å². The largest absolute Gasteiger partial charge is 0.361 e. The van der Waals surface area contributed by atoms with Crippen LogP contribution in [-0.4, -0.2) is 30.8 Å². The second kappa shape index (κ2) is 7.05. The first-order chi connectivity index (χ1) is 13.6. The normalized spacial score (nSPS) is 18.6. The predicted octanol–water partition coefficient (Wildman–Crippen LogP) is 4.30. The zero-order valence-electron chi connectivity index (χ0n) is 16.0. The highest BCUT2D eigenvalue weighted by molar-refractivity contribution is 7.89. The Morgan fingerprint density at radius 3 is 2.64 bits per heavy atom. The van der Waals surface area contributed by atoms with E-state index in [2.05, 4.69) is 29.4 Å². The van der Waals surface area contributed by atoms with Gasteiger partial charge in [-0.1, -0.05) is 24.3 Å². The van der Waals surface area contributed by atoms with Gasteiger partial charge in [0.05, 0.1) is 4.90 Å². The van der Waals surface area contributed by atoms with E-state index in [1.807, 2.05) is 18.2 Å². The predicted molar refractivity (Wildman–Crippen MR) is 112 cm³/mol. The van der Waals surface area contributed by atoms with Crippen LogP contribution in [-0.2, 0) is 29.3 Å². The van der Waals surface area contributed by atoms with Crippen molar-refractivity contribution in [3.8, 4) is 0 Å². The van der Waals surface area contributed by atoms with E-state index < -0.39 is 10.0 Å². The summed E-state index contributed by atoms with van der Waals surface area (Å²) in [5, 5.41) is 1.29. The van der Waals surface area contributed by atoms with Gasteiger partial charge in [-0.3, -0.25) is 0 Å². The van der Waals surface area contributed by atoms with Crippen molar-refractivity contribution < 1.29 is 8.42 Å². The number of H-pyrrole nitrogens is 1. The standard InChI is InChI=1S/C23H26N2O2S/c26-28(27,21-9-8-18-4-3-5-19(18)15-21)25-12-10-17(11-13-25)14-20-16-24-23-7-2-1-6-22(20)23/h1-2,6-9,15-17,24H,3-5,10-14H2. The summed E-state index contributed by atoms with van der Waals surface area (Å²) in [4.78, 5) is 3.82. The van der Waals surface area contributed by atoms with Crippen molar-refractivity contribution in [2.75, 3.05) is 13.1 Å². The molecular weight excluding hydrogens is 368 g/mol. The molecule has 0 unspecified atom stereocenters. The van der Waals surface area contributed by atoms with Crippen molar-refractivity contribution >= 4 is 20.9 Å². The molecule has 1 N–H and O–H groups in total. The van der Waals surface area contributed by atoms with Gasteiger partial charge in [0, 0.05) is 30.2 Å². The Morgan fingerprint density at radius 2 is 1.79 bits per heavy atom. The van der Waals surface area contributed by atoms with Crippen LogP contribution in [0.3, 0.4) is 0 Å². The average molecular weight is 395 g/mol. The highest BCUT2D eigenvalue weighted by atomic mass is 32.2. The number of aryl methyl sites for hydroxylation is 2. The summed E-state index contributed by atoms with van der Waals surface area (Å²) >= 11 is 0. The van der Waals surface area contributed by atoms with Crippen LogP contribution in [0.2, 0.25) is 0 Å². The Labute approximate surface area is 166 Å². The average Bonchev–Trinajstić information content (AvgIpc) is 3.35. The molecular formula is C23H26N2O2S. The number of aromatic nitrogens is 1. The lowest BCUT2D eigenvalue weighted by Gasteiger charge is -2.31. The SMILES string of the molecule is O=S(=O)(c1ccc2c(c1)CCC2)N1CCC(Cc2c[nH]c3ccccc23)CC1. The van der Waals surface area contributed by atoms with Crippen LogP contribution < -0.4 is 0 Å². The minimum Gasteiger partial charge on any atom is -0.361 e. The topological polar surface area (TPSA) is 53.2 Å². The first kappa shape index (κ1) is 18.0. The fourth-order valence-electron chi connectivity index (χ4n) is 4.82. The lowest BCUT2D eigenvalue weighted by Crippen LogP contribution is -2.38. The molecule has 0 amide bonds. The molecule has 5 rings (SSSR count). The van der Waals surface area contributed by atoms with Crippen LogP contribution in [0.1, 0.15) is 36.0 Å². The molecule has 1 fully saturated rings. The maximum absolute atomic E-state index is 13.1. The Morgan fingerprint density at radius 1 is 1.00 bits per heavy atom. The second-order valence-electron chi connectivity index (χ2n) is 8.20. The van der Waals surface area contributed by atoms with E-state index in [1.165, 1.54) is 27.6 Å². The molecule has 3 aromatic rings. The first-order valence-electron chi connectivity index (χ1n) is 10.3. The minimum absolute atomic E-state index is 0.475. The molecule has 0 atom stereocenters. The van der Waals surface area contributed by atoms with E-state index in [0.29, 0.717) is 23.9 Å². The van der Waals surface area contributed by atoms with E-state index in [-0.39, 0.29) is 0 Å². The summed E-state index contributed by atoms with van der Waals surface area (Å²) < 4.78 is 27.9. The summed E-state index contributed by atoms with van der Waals surface area (Å²) in [6.45, 7) is 1.24. The maximum Gasteiger partial charge on any atom is 0.243 e. The highest BCUT2D eigenvalue weighted by Gasteiger charge is 2.30. The number of para-hydroxylation sites is 1. The number of sulfonamides is 1. The molecule has 1 aliphatic carbocycles. The van der Waals surface area contributed by atoms with Gasteiger partial charge in [-0.05, 0) is 79.3 Å². The maximum atomic E-state index is 13.1. The molecule has 0 spiro atoms. The lowest BCUT2D eigenvalue weighted by atomic mass is 9.91. The Kier molecular flexibility index (Phi) is 4.52. The van der Waals surface area contributed by atoms with E-state index in [4.69, 9.17) is 0 Å². The Balaban J connectivity index is 1.27. The van der Waals surface area contributed by atoms with E-state index in [1.54, 1.807) is 10.4 Å². The molecule has 2 aromatic carbocycles. The van der Waals surface area contributed by atoms with Crippen molar-refractivity contribution in [1.82, 2.24) is 9.29 Å². The molecule has 0 saturated carbocycles. The van der Waals surface area contributed by atoms with Crippen molar-refractivity contribution in [3.05, 3.63) is 65.4 Å². The third-order valence-electron chi connectivity index (χ3n) is 6.46. The Hall–Kier alpha value is -2.11. The molecule has 2 aliphatic rings. The monoisotopic (exact) mass is 394 g/mol. The van der Waals surface area contributed by atoms with Crippen molar-refractivity contribution in [2.24, 2.45) is 5.92 Å². The number of nitrogens with one attached hydrogen (secondary N) is 1. The van der Waals surface area contributed by atoms with E-state index in [9.17, 15) is 8.42 Å². The molecule has 0 radical (unpaired) electrons. The van der Waals surface area contributed by atoms with Crippen molar-refractivity contribution in [3.63, 3.8) is 0 Å². The van der Waals surface area contributed by atoms with E-state index >= 15 is 0 Å². The number of benzene rings is 2. The number of rotatable bonds is 4. The van der Waals surface area contributed by atoms with Crippen LogP contribution in [0, 0.1) is 5.92 Å². The molecule has 5 heteroatoms. The van der Waals surface area contributed by atoms with Crippen LogP contribution in [0.25, 0.3) is 10.9 Å². The first-order valence-corrected chi connectivity index (χ1v) is 11.7. The van der Waals surface area contributed by atoms with Gasteiger partial charge >= 0.3 is 0 Å².